The van der Waals surface area contributed by atoms with Crippen molar-refractivity contribution in [1.29, 1.82) is 0 Å². The summed E-state index contributed by atoms with van der Waals surface area (Å²) in [4.78, 5) is 11.6. The van der Waals surface area contributed by atoms with Crippen LogP contribution < -0.4 is 0 Å². The normalized spacial score (nSPS) is 32.2. The zero-order valence-electron chi connectivity index (χ0n) is 20.9. The highest BCUT2D eigenvalue weighted by molar-refractivity contribution is 5.69. The Kier molecular flexibility index (Phi) is 9.11. The van der Waals surface area contributed by atoms with Crippen LogP contribution in [0.1, 0.15) is 135 Å². The first-order valence-electron chi connectivity index (χ1n) is 14.1. The molecule has 0 bridgehead atoms. The summed E-state index contributed by atoms with van der Waals surface area (Å²) in [7, 11) is 0. The van der Waals surface area contributed by atoms with Gasteiger partial charge in [0.05, 0.1) is 6.61 Å². The minimum Gasteiger partial charge on any atom is -0.466 e. The lowest BCUT2D eigenvalue weighted by Gasteiger charge is -2.10. The number of rotatable bonds is 22. The maximum absolute atomic E-state index is 11.6. The maximum Gasteiger partial charge on any atom is 0.355 e. The number of epoxide rings is 3. The van der Waals surface area contributed by atoms with E-state index in [2.05, 4.69) is 6.92 Å². The number of carbonyl (C=O) groups excluding carboxylic acids is 1. The quantitative estimate of drug-likeness (QED) is 0.0983. The van der Waals surface area contributed by atoms with Crippen LogP contribution in [0.2, 0.25) is 0 Å². The number of hydrogen-bond acceptors (Lipinski definition) is 6. The third kappa shape index (κ3) is 6.12. The molecule has 0 aliphatic carbocycles. The van der Waals surface area contributed by atoms with E-state index in [-0.39, 0.29) is 12.1 Å². The zero-order chi connectivity index (χ0) is 23.0. The van der Waals surface area contributed by atoms with Crippen LogP contribution in [-0.4, -0.2) is 36.2 Å². The molecule has 0 radical (unpaired) electrons. The van der Waals surface area contributed by atoms with Gasteiger partial charge >= 0.3 is 17.7 Å². The Morgan fingerprint density at radius 1 is 0.697 bits per heavy atom. The minimum atomic E-state index is -0.646. The van der Waals surface area contributed by atoms with Gasteiger partial charge in [-0.05, 0) is 19.3 Å². The highest BCUT2D eigenvalue weighted by Crippen LogP contribution is 2.88. The van der Waals surface area contributed by atoms with E-state index < -0.39 is 17.5 Å². The molecule has 0 saturated carbocycles. The van der Waals surface area contributed by atoms with Crippen molar-refractivity contribution < 1.29 is 28.5 Å². The van der Waals surface area contributed by atoms with Gasteiger partial charge in [0, 0.05) is 6.42 Å². The standard InChI is InChI=1S/C27H46O6/c1-2-3-19-22-29-24(28)21-18-16-14-12-10-8-6-4-5-7-9-11-13-15-17-20-23-25(30-23)26-27(31-25,32-26)33-26/h23H,2-22H2,1H3. The SMILES string of the molecule is CCCCCOC(=O)CCCCCCCCCCCCCCCCCC1OC12OC13OC12O3. The summed E-state index contributed by atoms with van der Waals surface area (Å²) >= 11 is 0. The average molecular weight is 467 g/mol. The molecule has 4 heterocycles. The van der Waals surface area contributed by atoms with Crippen molar-refractivity contribution in [2.45, 2.75) is 159 Å². The van der Waals surface area contributed by atoms with Gasteiger partial charge in [-0.3, -0.25) is 19.0 Å². The summed E-state index contributed by atoms with van der Waals surface area (Å²) in [5, 5.41) is 0. The number of unbranched alkanes of at least 4 members (excludes halogenated alkanes) is 16. The minimum absolute atomic E-state index is 0.00563. The van der Waals surface area contributed by atoms with E-state index in [4.69, 9.17) is 23.7 Å². The Balaban J connectivity index is 0.806. The first-order valence-corrected chi connectivity index (χ1v) is 14.1. The van der Waals surface area contributed by atoms with Gasteiger partial charge in [0.25, 0.3) is 5.79 Å². The third-order valence-electron chi connectivity index (χ3n) is 7.66. The molecule has 1 spiro atoms. The lowest BCUT2D eigenvalue weighted by Crippen LogP contribution is -2.39. The molecule has 2 atom stereocenters. The summed E-state index contributed by atoms with van der Waals surface area (Å²) in [6.45, 7) is 2.77. The van der Waals surface area contributed by atoms with Crippen LogP contribution in [0.15, 0.2) is 0 Å². The van der Waals surface area contributed by atoms with Crippen molar-refractivity contribution >= 4 is 5.97 Å². The molecule has 33 heavy (non-hydrogen) atoms. The molecule has 4 aliphatic rings. The fourth-order valence-electron chi connectivity index (χ4n) is 5.33. The lowest BCUT2D eigenvalue weighted by molar-refractivity contribution is -0.166. The lowest BCUT2D eigenvalue weighted by atomic mass is 10.0. The van der Waals surface area contributed by atoms with Gasteiger partial charge in [-0.15, -0.1) is 0 Å². The van der Waals surface area contributed by atoms with Crippen LogP contribution in [0, 0.1) is 0 Å². The highest BCUT2D eigenvalue weighted by atomic mass is 17.2. The summed E-state index contributed by atoms with van der Waals surface area (Å²) in [6, 6.07) is 0. The summed E-state index contributed by atoms with van der Waals surface area (Å²) in [5.41, 5.74) is 0. The van der Waals surface area contributed by atoms with Crippen molar-refractivity contribution in [2.24, 2.45) is 0 Å². The van der Waals surface area contributed by atoms with Crippen LogP contribution in [0.25, 0.3) is 0 Å². The molecule has 4 aliphatic heterocycles. The van der Waals surface area contributed by atoms with E-state index in [1.54, 1.807) is 0 Å². The predicted octanol–water partition coefficient (Wildman–Crippen LogP) is 6.89. The molecule has 0 aromatic rings. The zero-order valence-corrected chi connectivity index (χ0v) is 20.9. The Labute approximate surface area is 200 Å². The Morgan fingerprint density at radius 3 is 1.73 bits per heavy atom. The number of hydrogen-bond donors (Lipinski definition) is 0. The van der Waals surface area contributed by atoms with E-state index >= 15 is 0 Å². The molecule has 0 N–H and O–H groups in total. The molecule has 4 saturated heterocycles. The largest absolute Gasteiger partial charge is 0.466 e. The van der Waals surface area contributed by atoms with Crippen LogP contribution in [0.5, 0.6) is 0 Å². The molecule has 6 heteroatoms. The summed E-state index contributed by atoms with van der Waals surface area (Å²) < 4.78 is 27.3. The van der Waals surface area contributed by atoms with Crippen LogP contribution in [0.3, 0.4) is 0 Å². The maximum atomic E-state index is 11.6. The number of ether oxygens (including phenoxy) is 5. The van der Waals surface area contributed by atoms with Gasteiger partial charge in [-0.2, -0.15) is 0 Å². The van der Waals surface area contributed by atoms with Crippen molar-refractivity contribution in [3.8, 4) is 0 Å². The second-order valence-electron chi connectivity index (χ2n) is 10.5. The van der Waals surface area contributed by atoms with Crippen LogP contribution >= 0.6 is 0 Å². The van der Waals surface area contributed by atoms with Crippen molar-refractivity contribution in [3.63, 3.8) is 0 Å². The van der Waals surface area contributed by atoms with E-state index in [1.807, 2.05) is 0 Å². The van der Waals surface area contributed by atoms with Crippen LogP contribution in [0.4, 0.5) is 0 Å². The molecule has 0 amide bonds. The molecule has 2 unspecified atom stereocenters. The Hall–Kier alpha value is -0.690. The Bertz CT molecular complexity index is 616. The fourth-order valence-corrected chi connectivity index (χ4v) is 5.33. The number of esters is 1. The molecule has 0 aromatic heterocycles. The molecular formula is C27H46O6. The molecule has 0 aromatic carbocycles. The van der Waals surface area contributed by atoms with Gasteiger partial charge in [-0.1, -0.05) is 110 Å². The van der Waals surface area contributed by atoms with Crippen molar-refractivity contribution in [3.05, 3.63) is 0 Å². The summed E-state index contributed by atoms with van der Waals surface area (Å²) in [5.74, 6) is -1.62. The van der Waals surface area contributed by atoms with Gasteiger partial charge in [0.15, 0.2) is 0 Å². The topological polar surface area (TPSA) is 73.1 Å². The van der Waals surface area contributed by atoms with Crippen molar-refractivity contribution in [1.82, 2.24) is 0 Å². The molecule has 4 fully saturated rings. The van der Waals surface area contributed by atoms with Gasteiger partial charge < -0.3 is 9.47 Å². The van der Waals surface area contributed by atoms with Gasteiger partial charge in [0.1, 0.15) is 6.10 Å². The van der Waals surface area contributed by atoms with E-state index in [9.17, 15) is 4.79 Å². The predicted molar refractivity (Wildman–Crippen MR) is 125 cm³/mol. The number of carbonyl (C=O) groups is 1. The van der Waals surface area contributed by atoms with Gasteiger partial charge in [0.2, 0.25) is 0 Å². The molecule has 6 nitrogen and oxygen atoms in total. The summed E-state index contributed by atoms with van der Waals surface area (Å²) in [6.07, 6.45) is 24.7. The second-order valence-corrected chi connectivity index (χ2v) is 10.5. The average Bonchev–Trinajstić information content (AvgIpc) is 3.70. The fraction of sp³-hybridized carbons (Fsp3) is 0.963. The van der Waals surface area contributed by atoms with Crippen LogP contribution in [-0.2, 0) is 28.5 Å². The monoisotopic (exact) mass is 466 g/mol. The molecule has 190 valence electrons. The van der Waals surface area contributed by atoms with E-state index in [0.29, 0.717) is 13.0 Å². The van der Waals surface area contributed by atoms with Crippen molar-refractivity contribution in [2.75, 3.05) is 6.61 Å². The van der Waals surface area contributed by atoms with E-state index in [0.717, 1.165) is 32.1 Å². The second kappa shape index (κ2) is 11.8. The highest BCUT2D eigenvalue weighted by Gasteiger charge is 3.16. The molecule has 4 rings (SSSR count). The Morgan fingerprint density at radius 2 is 1.24 bits per heavy atom. The first kappa shape index (κ1) is 25.4. The third-order valence-corrected chi connectivity index (χ3v) is 7.66. The van der Waals surface area contributed by atoms with E-state index in [1.165, 1.54) is 89.9 Å². The first-order chi connectivity index (χ1) is 16.2. The molecular weight excluding hydrogens is 420 g/mol. The van der Waals surface area contributed by atoms with Gasteiger partial charge in [-0.25, -0.2) is 0 Å². The smallest absolute Gasteiger partial charge is 0.355 e.